The summed E-state index contributed by atoms with van der Waals surface area (Å²) >= 11 is 0. The van der Waals surface area contributed by atoms with Crippen LogP contribution in [0.5, 0.6) is 0 Å². The molecule has 0 saturated heterocycles. The quantitative estimate of drug-likeness (QED) is 0.401. The molecule has 0 aromatic rings. The molecule has 1 unspecified atom stereocenters. The number of fused-ring (bicyclic) bond motifs is 5. The van der Waals surface area contributed by atoms with Crippen LogP contribution in [0.1, 0.15) is 58.8 Å². The van der Waals surface area contributed by atoms with Crippen molar-refractivity contribution in [3.05, 3.63) is 11.6 Å². The molecule has 4 rings (SSSR count). The van der Waals surface area contributed by atoms with Crippen molar-refractivity contribution in [2.75, 3.05) is 0 Å². The molecule has 0 spiro atoms. The molecule has 3 fully saturated rings. The summed E-state index contributed by atoms with van der Waals surface area (Å²) in [4.78, 5) is 0. The maximum Gasteiger partial charge on any atom is 0.130 e. The third-order valence-corrected chi connectivity index (χ3v) is 8.17. The summed E-state index contributed by atoms with van der Waals surface area (Å²) in [6, 6.07) is 0. The van der Waals surface area contributed by atoms with E-state index in [1.807, 2.05) is 0 Å². The molecule has 0 heterocycles. The Bertz CT molecular complexity index is 645. The van der Waals surface area contributed by atoms with Gasteiger partial charge < -0.3 is 10.3 Å². The van der Waals surface area contributed by atoms with Crippen LogP contribution in [0.2, 0.25) is 0 Å². The van der Waals surface area contributed by atoms with Crippen LogP contribution < -0.4 is 0 Å². The average molecular weight is 327 g/mol. The van der Waals surface area contributed by atoms with Gasteiger partial charge >= 0.3 is 0 Å². The molecule has 4 aliphatic rings. The molecule has 130 valence electrons. The zero-order chi connectivity index (χ0) is 17.1. The molecule has 0 aromatic heterocycles. The molecular formula is C21H29NO2. The Morgan fingerprint density at radius 3 is 2.79 bits per heavy atom. The first-order chi connectivity index (χ1) is 11.4. The highest BCUT2D eigenvalue weighted by atomic mass is 16.4. The number of oxime groups is 1. The zero-order valence-corrected chi connectivity index (χ0v) is 14.8. The van der Waals surface area contributed by atoms with E-state index in [2.05, 4.69) is 31.0 Å². The van der Waals surface area contributed by atoms with Gasteiger partial charge in [0.2, 0.25) is 0 Å². The lowest BCUT2D eigenvalue weighted by Crippen LogP contribution is -2.53. The van der Waals surface area contributed by atoms with Gasteiger partial charge in [0.05, 0.1) is 5.71 Å². The third-order valence-electron chi connectivity index (χ3n) is 8.17. The van der Waals surface area contributed by atoms with E-state index >= 15 is 0 Å². The molecule has 3 nitrogen and oxygen atoms in total. The van der Waals surface area contributed by atoms with E-state index < -0.39 is 5.60 Å². The summed E-state index contributed by atoms with van der Waals surface area (Å²) in [5.41, 5.74) is 1.30. The van der Waals surface area contributed by atoms with E-state index in [4.69, 9.17) is 11.6 Å². The Morgan fingerprint density at radius 2 is 2.08 bits per heavy atom. The first-order valence-electron chi connectivity index (χ1n) is 9.55. The van der Waals surface area contributed by atoms with E-state index in [1.54, 1.807) is 0 Å². The molecule has 24 heavy (non-hydrogen) atoms. The maximum atomic E-state index is 11.0. The first-order valence-corrected chi connectivity index (χ1v) is 9.55. The zero-order valence-electron chi connectivity index (χ0n) is 14.8. The van der Waals surface area contributed by atoms with Crippen LogP contribution in [-0.4, -0.2) is 21.6 Å². The minimum atomic E-state index is -0.915. The van der Waals surface area contributed by atoms with Crippen LogP contribution in [0, 0.1) is 47.3 Å². The van der Waals surface area contributed by atoms with Gasteiger partial charge in [0, 0.05) is 5.41 Å². The molecule has 7 atom stereocenters. The van der Waals surface area contributed by atoms with Gasteiger partial charge in [0.15, 0.2) is 0 Å². The highest BCUT2D eigenvalue weighted by Crippen LogP contribution is 2.65. The fraction of sp³-hybridized carbons (Fsp3) is 0.762. The summed E-state index contributed by atoms with van der Waals surface area (Å²) < 4.78 is 0. The molecule has 0 aliphatic heterocycles. The summed E-state index contributed by atoms with van der Waals surface area (Å²) in [5.74, 6) is 5.93. The Hall–Kier alpha value is -1.27. The Kier molecular flexibility index (Phi) is 3.62. The minimum Gasteiger partial charge on any atom is -0.411 e. The number of terminal acetylenes is 1. The van der Waals surface area contributed by atoms with E-state index in [0.29, 0.717) is 29.6 Å². The largest absolute Gasteiger partial charge is 0.411 e. The van der Waals surface area contributed by atoms with Crippen molar-refractivity contribution in [2.24, 2.45) is 40.2 Å². The van der Waals surface area contributed by atoms with Crippen LogP contribution in [0.4, 0.5) is 0 Å². The number of nitrogens with zero attached hydrogens (tertiary/aromatic N) is 1. The van der Waals surface area contributed by atoms with E-state index in [0.717, 1.165) is 44.2 Å². The molecule has 0 amide bonds. The van der Waals surface area contributed by atoms with Crippen molar-refractivity contribution >= 4 is 5.71 Å². The Balaban J connectivity index is 1.68. The summed E-state index contributed by atoms with van der Waals surface area (Å²) in [6.07, 6.45) is 15.0. The fourth-order valence-corrected chi connectivity index (χ4v) is 6.94. The molecule has 0 bridgehead atoms. The lowest BCUT2D eigenvalue weighted by Gasteiger charge is -2.56. The highest BCUT2D eigenvalue weighted by molar-refractivity contribution is 5.96. The second-order valence-corrected chi connectivity index (χ2v) is 8.98. The SMILES string of the molecule is C#CC1(O)CC[C@@H]2[C@H]3[C@@H](CC[C@@]21C)[C@H]1CC/C(=N\O)C=C1C[C@H]3C. The van der Waals surface area contributed by atoms with E-state index in [9.17, 15) is 5.11 Å². The van der Waals surface area contributed by atoms with Crippen molar-refractivity contribution in [1.82, 2.24) is 0 Å². The van der Waals surface area contributed by atoms with Crippen molar-refractivity contribution in [3.8, 4) is 12.3 Å². The van der Waals surface area contributed by atoms with Gasteiger partial charge in [0.1, 0.15) is 5.60 Å². The van der Waals surface area contributed by atoms with Crippen LogP contribution in [0.3, 0.4) is 0 Å². The van der Waals surface area contributed by atoms with Crippen LogP contribution in [0.25, 0.3) is 0 Å². The number of hydrogen-bond donors (Lipinski definition) is 2. The number of rotatable bonds is 0. The predicted octanol–water partition coefficient (Wildman–Crippen LogP) is 4.00. The number of hydrogen-bond acceptors (Lipinski definition) is 3. The summed E-state index contributed by atoms with van der Waals surface area (Å²) in [5, 5.41) is 23.6. The maximum absolute atomic E-state index is 11.0. The van der Waals surface area contributed by atoms with Gasteiger partial charge in [-0.05, 0) is 80.6 Å². The van der Waals surface area contributed by atoms with E-state index in [1.165, 1.54) is 12.0 Å². The predicted molar refractivity (Wildman–Crippen MR) is 94.6 cm³/mol. The first kappa shape index (κ1) is 16.2. The molecule has 3 saturated carbocycles. The molecule has 3 heteroatoms. The fourth-order valence-electron chi connectivity index (χ4n) is 6.94. The number of aliphatic hydroxyl groups is 1. The standard InChI is InChI=1S/C21H29NO2/c1-4-21(23)10-8-18-19-13(2)11-14-12-15(22-24)5-6-16(14)17(19)7-9-20(18,21)3/h1,12-13,16-19,23-24H,5-11H2,2-3H3/b22-15+/t13-,16+,17+,18-,19-,20+,21?/m1/s1. The van der Waals surface area contributed by atoms with Gasteiger partial charge in [-0.1, -0.05) is 30.5 Å². The van der Waals surface area contributed by atoms with Gasteiger partial charge in [-0.3, -0.25) is 0 Å². The van der Waals surface area contributed by atoms with Crippen molar-refractivity contribution in [2.45, 2.75) is 64.4 Å². The molecular weight excluding hydrogens is 298 g/mol. The van der Waals surface area contributed by atoms with Gasteiger partial charge in [0.25, 0.3) is 0 Å². The molecule has 0 radical (unpaired) electrons. The lowest BCUT2D eigenvalue weighted by molar-refractivity contribution is -0.0975. The average Bonchev–Trinajstić information content (AvgIpc) is 2.86. The normalized spacial score (nSPS) is 52.0. The molecule has 2 N–H and O–H groups in total. The third kappa shape index (κ3) is 1.99. The van der Waals surface area contributed by atoms with Crippen LogP contribution in [-0.2, 0) is 0 Å². The smallest absolute Gasteiger partial charge is 0.130 e. The van der Waals surface area contributed by atoms with Crippen LogP contribution in [0.15, 0.2) is 16.8 Å². The van der Waals surface area contributed by atoms with Gasteiger partial charge in [-0.15, -0.1) is 6.42 Å². The topological polar surface area (TPSA) is 52.8 Å². The lowest BCUT2D eigenvalue weighted by atomic mass is 9.48. The van der Waals surface area contributed by atoms with E-state index in [-0.39, 0.29) is 5.41 Å². The van der Waals surface area contributed by atoms with Gasteiger partial charge in [-0.2, -0.15) is 0 Å². The Morgan fingerprint density at radius 1 is 1.29 bits per heavy atom. The van der Waals surface area contributed by atoms with Crippen molar-refractivity contribution in [1.29, 1.82) is 0 Å². The van der Waals surface area contributed by atoms with Crippen LogP contribution >= 0.6 is 0 Å². The minimum absolute atomic E-state index is 0.120. The van der Waals surface area contributed by atoms with Crippen molar-refractivity contribution < 1.29 is 10.3 Å². The van der Waals surface area contributed by atoms with Gasteiger partial charge in [-0.25, -0.2) is 0 Å². The summed E-state index contributed by atoms with van der Waals surface area (Å²) in [7, 11) is 0. The highest BCUT2D eigenvalue weighted by Gasteiger charge is 2.62. The number of allylic oxidation sites excluding steroid dienone is 2. The molecule has 0 aromatic carbocycles. The second-order valence-electron chi connectivity index (χ2n) is 8.98. The summed E-state index contributed by atoms with van der Waals surface area (Å²) in [6.45, 7) is 4.62. The molecule has 4 aliphatic carbocycles. The monoisotopic (exact) mass is 327 g/mol. The van der Waals surface area contributed by atoms with Crippen molar-refractivity contribution in [3.63, 3.8) is 0 Å². The Labute approximate surface area is 145 Å². The second kappa shape index (κ2) is 5.36.